The third-order valence-corrected chi connectivity index (χ3v) is 6.50. The number of hydrogen-bond acceptors (Lipinski definition) is 5. The van der Waals surface area contributed by atoms with Gasteiger partial charge in [0.15, 0.2) is 5.84 Å². The molecule has 2 N–H and O–H groups in total. The second kappa shape index (κ2) is 16.7. The molecule has 0 amide bonds. The van der Waals surface area contributed by atoms with E-state index in [-0.39, 0.29) is 0 Å². The highest BCUT2D eigenvalue weighted by molar-refractivity contribution is 7.79. The number of aliphatic hydroxyl groups is 1. The summed E-state index contributed by atoms with van der Waals surface area (Å²) >= 11 is -1.46. The number of amidine groups is 1. The lowest BCUT2D eigenvalue weighted by Crippen LogP contribution is -2.50. The lowest BCUT2D eigenvalue weighted by Gasteiger charge is -2.40. The molecule has 6 nitrogen and oxygen atoms in total. The average molecular weight is 458 g/mol. The molecule has 1 aliphatic rings. The first-order valence-electron chi connectivity index (χ1n) is 12.4. The number of nitrogens with one attached hydrogen (secondary N) is 1. The van der Waals surface area contributed by atoms with Crippen LogP contribution in [0.1, 0.15) is 118 Å². The van der Waals surface area contributed by atoms with Crippen molar-refractivity contribution >= 4 is 17.1 Å². The predicted octanol–water partition coefficient (Wildman–Crippen LogP) is 5.95. The van der Waals surface area contributed by atoms with E-state index in [0.717, 1.165) is 57.9 Å². The Kier molecular flexibility index (Phi) is 15.1. The Labute approximate surface area is 193 Å². The SMILES string of the molecule is CCCCCCC(C)(O)N(CCCC/C=C\CCCCCCC1=NOS(=O)N1)C(C)C. The molecule has 182 valence electrons. The summed E-state index contributed by atoms with van der Waals surface area (Å²) in [5.41, 5.74) is -0.692. The van der Waals surface area contributed by atoms with Gasteiger partial charge < -0.3 is 5.11 Å². The van der Waals surface area contributed by atoms with E-state index in [1.54, 1.807) is 0 Å². The monoisotopic (exact) mass is 457 g/mol. The van der Waals surface area contributed by atoms with Gasteiger partial charge in [-0.15, -0.1) is 0 Å². The third-order valence-electron chi connectivity index (χ3n) is 5.88. The van der Waals surface area contributed by atoms with Crippen molar-refractivity contribution in [1.82, 2.24) is 9.62 Å². The maximum atomic E-state index is 11.0. The Morgan fingerprint density at radius 2 is 1.71 bits per heavy atom. The van der Waals surface area contributed by atoms with Crippen LogP contribution in [0, 0.1) is 0 Å². The summed E-state index contributed by atoms with van der Waals surface area (Å²) in [6.07, 6.45) is 20.3. The van der Waals surface area contributed by atoms with Crippen LogP contribution < -0.4 is 4.72 Å². The van der Waals surface area contributed by atoms with Gasteiger partial charge in [0.1, 0.15) is 5.72 Å². The molecule has 2 atom stereocenters. The summed E-state index contributed by atoms with van der Waals surface area (Å²) in [5, 5.41) is 14.7. The first-order chi connectivity index (χ1) is 14.9. The molecule has 2 unspecified atom stereocenters. The van der Waals surface area contributed by atoms with Gasteiger partial charge in [-0.1, -0.05) is 56.3 Å². The fourth-order valence-corrected chi connectivity index (χ4v) is 4.61. The average Bonchev–Trinajstić information content (AvgIpc) is 3.13. The van der Waals surface area contributed by atoms with Gasteiger partial charge in [0, 0.05) is 19.0 Å². The van der Waals surface area contributed by atoms with Crippen LogP contribution in [-0.2, 0) is 15.6 Å². The first kappa shape index (κ1) is 28.1. The van der Waals surface area contributed by atoms with Gasteiger partial charge in [-0.25, -0.2) is 0 Å². The summed E-state index contributed by atoms with van der Waals surface area (Å²) in [6, 6.07) is 0.364. The second-order valence-electron chi connectivity index (χ2n) is 9.18. The summed E-state index contributed by atoms with van der Waals surface area (Å²) in [4.78, 5) is 2.28. The van der Waals surface area contributed by atoms with E-state index in [1.807, 2.05) is 6.92 Å². The van der Waals surface area contributed by atoms with Crippen molar-refractivity contribution in [3.8, 4) is 0 Å². The van der Waals surface area contributed by atoms with Gasteiger partial charge in [-0.05, 0) is 72.1 Å². The molecule has 1 aliphatic heterocycles. The number of rotatable bonds is 19. The molecule has 1 heterocycles. The van der Waals surface area contributed by atoms with Crippen LogP contribution in [0.25, 0.3) is 0 Å². The quantitative estimate of drug-likeness (QED) is 0.143. The molecule has 0 saturated carbocycles. The fraction of sp³-hybridized carbons (Fsp3) is 0.875. The van der Waals surface area contributed by atoms with Crippen LogP contribution in [0.5, 0.6) is 0 Å². The van der Waals surface area contributed by atoms with Crippen LogP contribution >= 0.6 is 0 Å². The van der Waals surface area contributed by atoms with E-state index in [1.165, 1.54) is 38.5 Å². The van der Waals surface area contributed by atoms with Gasteiger partial charge >= 0.3 is 11.3 Å². The number of allylic oxidation sites excluding steroid dienone is 2. The highest BCUT2D eigenvalue weighted by Crippen LogP contribution is 2.23. The Bertz CT molecular complexity index is 550. The highest BCUT2D eigenvalue weighted by atomic mass is 32.2. The first-order valence-corrected chi connectivity index (χ1v) is 13.5. The van der Waals surface area contributed by atoms with Crippen molar-refractivity contribution in [2.75, 3.05) is 6.54 Å². The number of unbranched alkanes of at least 4 members (excludes halogenated alkanes) is 9. The number of oxime groups is 1. The minimum atomic E-state index is -1.46. The van der Waals surface area contributed by atoms with E-state index in [2.05, 4.69) is 52.0 Å². The van der Waals surface area contributed by atoms with Gasteiger partial charge in [0.25, 0.3) is 0 Å². The topological polar surface area (TPSA) is 74.2 Å². The number of hydrogen-bond donors (Lipinski definition) is 2. The van der Waals surface area contributed by atoms with E-state index in [0.29, 0.717) is 11.9 Å². The third kappa shape index (κ3) is 13.3. The molecular formula is C24H47N3O3S. The van der Waals surface area contributed by atoms with Crippen LogP contribution in [0.15, 0.2) is 17.3 Å². The smallest absolute Gasteiger partial charge is 0.338 e. The maximum absolute atomic E-state index is 11.0. The molecular weight excluding hydrogens is 410 g/mol. The zero-order chi connectivity index (χ0) is 23.0. The minimum absolute atomic E-state index is 0.364. The van der Waals surface area contributed by atoms with Crippen molar-refractivity contribution in [1.29, 1.82) is 0 Å². The molecule has 1 rings (SSSR count). The van der Waals surface area contributed by atoms with Crippen molar-refractivity contribution < 1.29 is 13.6 Å². The molecule has 0 aromatic rings. The van der Waals surface area contributed by atoms with E-state index in [4.69, 9.17) is 0 Å². The van der Waals surface area contributed by atoms with E-state index in [9.17, 15) is 9.32 Å². The Morgan fingerprint density at radius 1 is 1.06 bits per heavy atom. The Balaban J connectivity index is 2.05. The molecule has 0 bridgehead atoms. The molecule has 0 fully saturated rings. The second-order valence-corrected chi connectivity index (χ2v) is 10.0. The Morgan fingerprint density at radius 3 is 2.32 bits per heavy atom. The normalized spacial score (nSPS) is 18.4. The molecule has 0 aromatic carbocycles. The van der Waals surface area contributed by atoms with Crippen molar-refractivity contribution in [3.63, 3.8) is 0 Å². The summed E-state index contributed by atoms with van der Waals surface area (Å²) < 4.78 is 18.3. The Hall–Kier alpha value is -0.920. The van der Waals surface area contributed by atoms with E-state index < -0.39 is 17.0 Å². The van der Waals surface area contributed by atoms with Crippen molar-refractivity contribution in [2.45, 2.75) is 129 Å². The van der Waals surface area contributed by atoms with Crippen LogP contribution in [0.2, 0.25) is 0 Å². The predicted molar refractivity (Wildman–Crippen MR) is 132 cm³/mol. The van der Waals surface area contributed by atoms with Crippen molar-refractivity contribution in [3.05, 3.63) is 12.2 Å². The van der Waals surface area contributed by atoms with Gasteiger partial charge in [-0.2, -0.15) is 4.21 Å². The van der Waals surface area contributed by atoms with E-state index >= 15 is 0 Å². The highest BCUT2D eigenvalue weighted by Gasteiger charge is 2.29. The minimum Gasteiger partial charge on any atom is -0.376 e. The lowest BCUT2D eigenvalue weighted by atomic mass is 10.0. The number of nitrogens with zero attached hydrogens (tertiary/aromatic N) is 2. The summed E-state index contributed by atoms with van der Waals surface area (Å²) in [7, 11) is 0. The maximum Gasteiger partial charge on any atom is 0.338 e. The molecule has 0 spiro atoms. The molecule has 7 heteroatoms. The molecule has 0 aromatic heterocycles. The summed E-state index contributed by atoms with van der Waals surface area (Å²) in [6.45, 7) is 9.55. The van der Waals surface area contributed by atoms with Crippen LogP contribution in [0.3, 0.4) is 0 Å². The van der Waals surface area contributed by atoms with Crippen LogP contribution in [-0.4, -0.2) is 38.4 Å². The lowest BCUT2D eigenvalue weighted by molar-refractivity contribution is -0.116. The zero-order valence-corrected chi connectivity index (χ0v) is 21.2. The zero-order valence-electron chi connectivity index (χ0n) is 20.4. The van der Waals surface area contributed by atoms with Gasteiger partial charge in [-0.3, -0.25) is 13.9 Å². The standard InChI is InChI=1S/C24H47N3O3S/c1-5-6-7-17-20-24(4,28)27(22(2)3)21-18-15-13-11-9-8-10-12-14-16-19-23-25-30-31(29)26-23/h9,11,22,28H,5-8,10,12-21H2,1-4H3,(H,25,26)/b11-9-. The van der Waals surface area contributed by atoms with Gasteiger partial charge in [0.05, 0.1) is 0 Å². The summed E-state index contributed by atoms with van der Waals surface area (Å²) in [5.74, 6) is 0.701. The van der Waals surface area contributed by atoms with Crippen LogP contribution in [0.4, 0.5) is 0 Å². The molecule has 0 saturated heterocycles. The van der Waals surface area contributed by atoms with Gasteiger partial charge in [0.2, 0.25) is 0 Å². The molecule has 0 radical (unpaired) electrons. The van der Waals surface area contributed by atoms with Crippen molar-refractivity contribution in [2.24, 2.45) is 5.16 Å². The largest absolute Gasteiger partial charge is 0.376 e. The fourth-order valence-electron chi connectivity index (χ4n) is 4.08. The molecule has 0 aliphatic carbocycles. The molecule has 31 heavy (non-hydrogen) atoms.